The first-order chi connectivity index (χ1) is 10.3. The van der Waals surface area contributed by atoms with Gasteiger partial charge in [-0.2, -0.15) is 0 Å². The van der Waals surface area contributed by atoms with Gasteiger partial charge in [0.2, 0.25) is 0 Å². The first-order valence-corrected chi connectivity index (χ1v) is 7.11. The van der Waals surface area contributed by atoms with Crippen LogP contribution in [0.1, 0.15) is 18.1 Å². The number of aryl methyl sites for hydroxylation is 1. The van der Waals surface area contributed by atoms with Gasteiger partial charge < -0.3 is 10.5 Å². The summed E-state index contributed by atoms with van der Waals surface area (Å²) in [5, 5.41) is 0.927. The monoisotopic (exact) mass is 278 g/mol. The zero-order chi connectivity index (χ0) is 14.7. The third-order valence-corrected chi connectivity index (χ3v) is 3.59. The second kappa shape index (κ2) is 5.83. The molecule has 3 nitrogen and oxygen atoms in total. The van der Waals surface area contributed by atoms with Gasteiger partial charge in [0.1, 0.15) is 17.9 Å². The number of hydrogen-bond donors (Lipinski definition) is 1. The van der Waals surface area contributed by atoms with Gasteiger partial charge in [-0.1, -0.05) is 31.2 Å². The van der Waals surface area contributed by atoms with Crippen molar-refractivity contribution >= 4 is 16.6 Å². The van der Waals surface area contributed by atoms with E-state index in [2.05, 4.69) is 36.2 Å². The number of benzene rings is 2. The van der Waals surface area contributed by atoms with Gasteiger partial charge in [-0.15, -0.1) is 0 Å². The van der Waals surface area contributed by atoms with E-state index in [1.54, 1.807) is 6.20 Å². The van der Waals surface area contributed by atoms with E-state index in [4.69, 9.17) is 10.5 Å². The fraction of sp³-hybridized carbons (Fsp3) is 0.167. The maximum Gasteiger partial charge on any atom is 0.146 e. The molecule has 3 aromatic rings. The van der Waals surface area contributed by atoms with E-state index in [9.17, 15) is 0 Å². The topological polar surface area (TPSA) is 48.1 Å². The van der Waals surface area contributed by atoms with Gasteiger partial charge in [0.05, 0.1) is 0 Å². The largest absolute Gasteiger partial charge is 0.487 e. The summed E-state index contributed by atoms with van der Waals surface area (Å²) < 4.78 is 5.92. The second-order valence-electron chi connectivity index (χ2n) is 5.01. The lowest BCUT2D eigenvalue weighted by atomic mass is 10.1. The van der Waals surface area contributed by atoms with Crippen LogP contribution in [-0.2, 0) is 13.0 Å². The number of nitrogens with two attached hydrogens (primary N) is 1. The number of nitrogen functional groups attached to an aromatic ring is 1. The Kier molecular flexibility index (Phi) is 3.73. The second-order valence-corrected chi connectivity index (χ2v) is 5.01. The summed E-state index contributed by atoms with van der Waals surface area (Å²) in [4.78, 5) is 4.38. The van der Waals surface area contributed by atoms with Crippen molar-refractivity contribution in [1.29, 1.82) is 0 Å². The summed E-state index contributed by atoms with van der Waals surface area (Å²) in [6, 6.07) is 16.1. The van der Waals surface area contributed by atoms with Crippen LogP contribution in [0.15, 0.2) is 54.7 Å². The minimum absolute atomic E-state index is 0.527. The van der Waals surface area contributed by atoms with Crippen LogP contribution in [0.2, 0.25) is 0 Å². The van der Waals surface area contributed by atoms with E-state index in [1.807, 2.05) is 24.3 Å². The standard InChI is InChI=1S/C18H18N2O/c1-2-13-5-7-14(8-6-13)12-21-17-10-9-16(19)15-4-3-11-20-18(15)17/h3-11H,2,12,19H2,1H3. The summed E-state index contributed by atoms with van der Waals surface area (Å²) in [6.45, 7) is 2.68. The molecule has 0 aliphatic carbocycles. The molecule has 0 spiro atoms. The van der Waals surface area contributed by atoms with Crippen LogP contribution >= 0.6 is 0 Å². The molecule has 0 unspecified atom stereocenters. The molecule has 1 heterocycles. The van der Waals surface area contributed by atoms with E-state index < -0.39 is 0 Å². The van der Waals surface area contributed by atoms with Gasteiger partial charge in [-0.3, -0.25) is 4.98 Å². The van der Waals surface area contributed by atoms with Crippen molar-refractivity contribution in [3.8, 4) is 5.75 Å². The molecule has 3 heteroatoms. The average molecular weight is 278 g/mol. The van der Waals surface area contributed by atoms with Crippen LogP contribution in [0.3, 0.4) is 0 Å². The van der Waals surface area contributed by atoms with Crippen LogP contribution in [0.5, 0.6) is 5.75 Å². The zero-order valence-electron chi connectivity index (χ0n) is 12.0. The quantitative estimate of drug-likeness (QED) is 0.735. The Bertz CT molecular complexity index is 751. The van der Waals surface area contributed by atoms with E-state index in [0.29, 0.717) is 6.61 Å². The number of ether oxygens (including phenoxy) is 1. The zero-order valence-corrected chi connectivity index (χ0v) is 12.0. The van der Waals surface area contributed by atoms with Crippen molar-refractivity contribution in [1.82, 2.24) is 4.98 Å². The fourth-order valence-corrected chi connectivity index (χ4v) is 2.32. The minimum atomic E-state index is 0.527. The third-order valence-electron chi connectivity index (χ3n) is 3.59. The number of aromatic nitrogens is 1. The number of pyridine rings is 1. The normalized spacial score (nSPS) is 10.7. The average Bonchev–Trinajstić information content (AvgIpc) is 2.55. The van der Waals surface area contributed by atoms with E-state index >= 15 is 0 Å². The molecule has 2 aromatic carbocycles. The first kappa shape index (κ1) is 13.4. The van der Waals surface area contributed by atoms with Gasteiger partial charge in [-0.05, 0) is 41.8 Å². The van der Waals surface area contributed by atoms with E-state index in [-0.39, 0.29) is 0 Å². The smallest absolute Gasteiger partial charge is 0.146 e. The SMILES string of the molecule is CCc1ccc(COc2ccc(N)c3cccnc23)cc1. The summed E-state index contributed by atoms with van der Waals surface area (Å²) in [5.41, 5.74) is 9.98. The van der Waals surface area contributed by atoms with Crippen molar-refractivity contribution < 1.29 is 4.74 Å². The van der Waals surface area contributed by atoms with Crippen LogP contribution < -0.4 is 10.5 Å². The molecule has 106 valence electrons. The lowest BCUT2D eigenvalue weighted by Gasteiger charge is -2.10. The molecule has 0 fully saturated rings. The molecule has 2 N–H and O–H groups in total. The molecule has 0 saturated heterocycles. The van der Waals surface area contributed by atoms with Crippen molar-refractivity contribution in [2.75, 3.05) is 5.73 Å². The molecule has 0 aliphatic heterocycles. The molecule has 0 atom stereocenters. The lowest BCUT2D eigenvalue weighted by molar-refractivity contribution is 0.309. The molecule has 21 heavy (non-hydrogen) atoms. The molecular formula is C18H18N2O. The predicted octanol–water partition coefficient (Wildman–Crippen LogP) is 3.96. The number of fused-ring (bicyclic) bond motifs is 1. The van der Waals surface area contributed by atoms with Crippen molar-refractivity contribution in [2.45, 2.75) is 20.0 Å². The van der Waals surface area contributed by atoms with Crippen LogP contribution in [0.25, 0.3) is 10.9 Å². The molecule has 1 aromatic heterocycles. The first-order valence-electron chi connectivity index (χ1n) is 7.11. The lowest BCUT2D eigenvalue weighted by Crippen LogP contribution is -1.98. The fourth-order valence-electron chi connectivity index (χ4n) is 2.32. The van der Waals surface area contributed by atoms with Crippen LogP contribution in [0.4, 0.5) is 5.69 Å². The summed E-state index contributed by atoms with van der Waals surface area (Å²) >= 11 is 0. The maximum absolute atomic E-state index is 5.97. The Hall–Kier alpha value is -2.55. The highest BCUT2D eigenvalue weighted by Crippen LogP contribution is 2.28. The molecule has 0 amide bonds. The Morgan fingerprint density at radius 2 is 1.76 bits per heavy atom. The number of hydrogen-bond acceptors (Lipinski definition) is 3. The van der Waals surface area contributed by atoms with Gasteiger partial charge in [-0.25, -0.2) is 0 Å². The van der Waals surface area contributed by atoms with Crippen LogP contribution in [0, 0.1) is 0 Å². The van der Waals surface area contributed by atoms with Crippen molar-refractivity contribution in [3.63, 3.8) is 0 Å². The maximum atomic E-state index is 5.97. The Balaban J connectivity index is 1.83. The van der Waals surface area contributed by atoms with Crippen LogP contribution in [-0.4, -0.2) is 4.98 Å². The van der Waals surface area contributed by atoms with Gasteiger partial charge in [0, 0.05) is 17.3 Å². The highest BCUT2D eigenvalue weighted by molar-refractivity contribution is 5.94. The number of rotatable bonds is 4. The van der Waals surface area contributed by atoms with Gasteiger partial charge in [0.25, 0.3) is 0 Å². The third kappa shape index (κ3) is 2.82. The summed E-state index contributed by atoms with van der Waals surface area (Å²) in [6.07, 6.45) is 2.80. The highest BCUT2D eigenvalue weighted by Gasteiger charge is 2.06. The highest BCUT2D eigenvalue weighted by atomic mass is 16.5. The molecule has 3 rings (SSSR count). The number of anilines is 1. The number of nitrogens with zero attached hydrogens (tertiary/aromatic N) is 1. The molecule has 0 bridgehead atoms. The summed E-state index contributed by atoms with van der Waals surface area (Å²) in [5.74, 6) is 0.763. The van der Waals surface area contributed by atoms with E-state index in [0.717, 1.165) is 34.3 Å². The molecule has 0 aliphatic rings. The van der Waals surface area contributed by atoms with Crippen molar-refractivity contribution in [3.05, 3.63) is 65.9 Å². The van der Waals surface area contributed by atoms with Gasteiger partial charge in [0.15, 0.2) is 0 Å². The molecule has 0 saturated carbocycles. The molecule has 0 radical (unpaired) electrons. The van der Waals surface area contributed by atoms with E-state index in [1.165, 1.54) is 5.56 Å². The van der Waals surface area contributed by atoms with Gasteiger partial charge >= 0.3 is 0 Å². The summed E-state index contributed by atoms with van der Waals surface area (Å²) in [7, 11) is 0. The Morgan fingerprint density at radius 1 is 1.00 bits per heavy atom. The predicted molar refractivity (Wildman–Crippen MR) is 86.3 cm³/mol. The minimum Gasteiger partial charge on any atom is -0.487 e. The Labute approximate surface area is 124 Å². The molecular weight excluding hydrogens is 260 g/mol. The Morgan fingerprint density at radius 3 is 2.52 bits per heavy atom. The van der Waals surface area contributed by atoms with Crippen molar-refractivity contribution in [2.24, 2.45) is 0 Å².